The summed E-state index contributed by atoms with van der Waals surface area (Å²) in [5.74, 6) is -0.652. The Morgan fingerprint density at radius 1 is 1.30 bits per heavy atom. The number of aliphatic hydroxyl groups excluding tert-OH is 1. The third kappa shape index (κ3) is 3.53. The number of halogens is 1. The molecule has 1 fully saturated rings. The van der Waals surface area contributed by atoms with Crippen molar-refractivity contribution in [2.45, 2.75) is 11.5 Å². The standard InChI is InChI=1S/C12H18FN3O3S/c1-15-4-6-16(7-5-15)14-20(18,19)12-8-11(13)3-2-10(12)9-17/h2-3,8,14,17H,4-7,9H2,1H3. The number of benzene rings is 1. The summed E-state index contributed by atoms with van der Waals surface area (Å²) in [4.78, 5) is 4.30. The zero-order valence-corrected chi connectivity index (χ0v) is 12.0. The lowest BCUT2D eigenvalue weighted by Crippen LogP contribution is -2.52. The Bertz CT molecular complexity index is 571. The van der Waals surface area contributed by atoms with Gasteiger partial charge >= 0.3 is 0 Å². The minimum absolute atomic E-state index is 0.174. The van der Waals surface area contributed by atoms with Gasteiger partial charge in [0.1, 0.15) is 5.82 Å². The molecule has 0 amide bonds. The summed E-state index contributed by atoms with van der Waals surface area (Å²) in [6, 6.07) is 3.32. The van der Waals surface area contributed by atoms with Gasteiger partial charge in [0.2, 0.25) is 0 Å². The number of piperazine rings is 1. The highest BCUT2D eigenvalue weighted by molar-refractivity contribution is 7.89. The highest BCUT2D eigenvalue weighted by Crippen LogP contribution is 2.17. The van der Waals surface area contributed by atoms with Gasteiger partial charge in [0.25, 0.3) is 10.0 Å². The van der Waals surface area contributed by atoms with Crippen molar-refractivity contribution in [3.8, 4) is 0 Å². The first-order valence-electron chi connectivity index (χ1n) is 6.27. The molecule has 0 aliphatic carbocycles. The van der Waals surface area contributed by atoms with Crippen LogP contribution in [0.4, 0.5) is 4.39 Å². The Hall–Kier alpha value is -1.06. The second-order valence-corrected chi connectivity index (χ2v) is 6.42. The number of hydrogen-bond acceptors (Lipinski definition) is 5. The van der Waals surface area contributed by atoms with E-state index in [0.29, 0.717) is 13.1 Å². The molecule has 1 aromatic rings. The Morgan fingerprint density at radius 3 is 2.55 bits per heavy atom. The van der Waals surface area contributed by atoms with Crippen LogP contribution in [0.5, 0.6) is 0 Å². The van der Waals surface area contributed by atoms with E-state index >= 15 is 0 Å². The summed E-state index contributed by atoms with van der Waals surface area (Å²) >= 11 is 0. The summed E-state index contributed by atoms with van der Waals surface area (Å²) in [5.41, 5.74) is 0.174. The molecule has 0 unspecified atom stereocenters. The first-order chi connectivity index (χ1) is 9.42. The lowest BCUT2D eigenvalue weighted by atomic mass is 10.2. The number of aliphatic hydroxyl groups is 1. The summed E-state index contributed by atoms with van der Waals surface area (Å²) < 4.78 is 37.8. The molecule has 1 saturated heterocycles. The summed E-state index contributed by atoms with van der Waals surface area (Å²) in [7, 11) is -1.92. The van der Waals surface area contributed by atoms with Crippen molar-refractivity contribution in [2.75, 3.05) is 33.2 Å². The van der Waals surface area contributed by atoms with Crippen molar-refractivity contribution < 1.29 is 17.9 Å². The predicted octanol–water partition coefficient (Wildman–Crippen LogP) is -0.241. The summed E-state index contributed by atoms with van der Waals surface area (Å²) in [6.07, 6.45) is 0. The van der Waals surface area contributed by atoms with Gasteiger partial charge in [0.15, 0.2) is 0 Å². The number of nitrogens with one attached hydrogen (secondary N) is 1. The van der Waals surface area contributed by atoms with Crippen molar-refractivity contribution >= 4 is 10.0 Å². The minimum Gasteiger partial charge on any atom is -0.392 e. The van der Waals surface area contributed by atoms with E-state index in [2.05, 4.69) is 9.73 Å². The topological polar surface area (TPSA) is 72.9 Å². The molecule has 8 heteroatoms. The fourth-order valence-electron chi connectivity index (χ4n) is 2.03. The molecule has 0 saturated carbocycles. The van der Waals surface area contributed by atoms with Crippen LogP contribution >= 0.6 is 0 Å². The van der Waals surface area contributed by atoms with Gasteiger partial charge in [-0.1, -0.05) is 6.07 Å². The van der Waals surface area contributed by atoms with Crippen LogP contribution in [0.3, 0.4) is 0 Å². The van der Waals surface area contributed by atoms with E-state index in [1.807, 2.05) is 7.05 Å². The van der Waals surface area contributed by atoms with Crippen LogP contribution in [-0.2, 0) is 16.6 Å². The number of hydrazine groups is 1. The fraction of sp³-hybridized carbons (Fsp3) is 0.500. The molecule has 2 N–H and O–H groups in total. The van der Waals surface area contributed by atoms with Crippen LogP contribution in [0.1, 0.15) is 5.56 Å². The van der Waals surface area contributed by atoms with E-state index in [1.54, 1.807) is 5.01 Å². The maximum absolute atomic E-state index is 13.2. The summed E-state index contributed by atoms with van der Waals surface area (Å²) in [6.45, 7) is 2.15. The van der Waals surface area contributed by atoms with Gasteiger partial charge in [-0.15, -0.1) is 4.83 Å². The largest absolute Gasteiger partial charge is 0.392 e. The zero-order valence-electron chi connectivity index (χ0n) is 11.2. The first-order valence-corrected chi connectivity index (χ1v) is 7.76. The van der Waals surface area contributed by atoms with Gasteiger partial charge in [0, 0.05) is 26.2 Å². The molecule has 1 heterocycles. The van der Waals surface area contributed by atoms with Gasteiger partial charge < -0.3 is 10.0 Å². The van der Waals surface area contributed by atoms with E-state index in [1.165, 1.54) is 6.07 Å². The van der Waals surface area contributed by atoms with E-state index in [4.69, 9.17) is 0 Å². The van der Waals surface area contributed by atoms with E-state index in [-0.39, 0.29) is 10.5 Å². The van der Waals surface area contributed by atoms with Crippen molar-refractivity contribution in [3.05, 3.63) is 29.6 Å². The Kier molecular flexibility index (Phi) is 4.71. The molecule has 1 aliphatic rings. The lowest BCUT2D eigenvalue weighted by Gasteiger charge is -2.32. The Morgan fingerprint density at radius 2 is 1.95 bits per heavy atom. The van der Waals surface area contributed by atoms with Crippen LogP contribution in [-0.4, -0.2) is 56.7 Å². The smallest absolute Gasteiger partial charge is 0.253 e. The van der Waals surface area contributed by atoms with E-state index in [0.717, 1.165) is 25.2 Å². The molecule has 0 spiro atoms. The quantitative estimate of drug-likeness (QED) is 0.803. The molecule has 112 valence electrons. The van der Waals surface area contributed by atoms with Crippen molar-refractivity contribution in [1.82, 2.24) is 14.7 Å². The van der Waals surface area contributed by atoms with Gasteiger partial charge in [0.05, 0.1) is 11.5 Å². The van der Waals surface area contributed by atoms with Crippen molar-refractivity contribution in [3.63, 3.8) is 0 Å². The molecule has 6 nitrogen and oxygen atoms in total. The second-order valence-electron chi connectivity index (χ2n) is 4.80. The average Bonchev–Trinajstić information content (AvgIpc) is 2.41. The Labute approximate surface area is 117 Å². The molecule has 1 aromatic carbocycles. The zero-order chi connectivity index (χ0) is 14.8. The molecular weight excluding hydrogens is 285 g/mol. The van der Waals surface area contributed by atoms with Gasteiger partial charge in [-0.3, -0.25) is 0 Å². The molecule has 0 radical (unpaired) electrons. The monoisotopic (exact) mass is 303 g/mol. The maximum Gasteiger partial charge on any atom is 0.253 e. The molecule has 0 atom stereocenters. The summed E-state index contributed by atoms with van der Waals surface area (Å²) in [5, 5.41) is 10.8. The number of rotatable bonds is 4. The van der Waals surface area contributed by atoms with Crippen LogP contribution in [0.15, 0.2) is 23.1 Å². The van der Waals surface area contributed by atoms with Crippen molar-refractivity contribution in [1.29, 1.82) is 0 Å². The third-order valence-electron chi connectivity index (χ3n) is 3.24. The number of likely N-dealkylation sites (N-methyl/N-ethyl adjacent to an activating group) is 1. The number of nitrogens with zero attached hydrogens (tertiary/aromatic N) is 2. The highest BCUT2D eigenvalue weighted by Gasteiger charge is 2.24. The molecule has 1 aliphatic heterocycles. The molecule has 0 bridgehead atoms. The fourth-order valence-corrected chi connectivity index (χ4v) is 3.39. The molecular formula is C12H18FN3O3S. The molecule has 0 aromatic heterocycles. The number of hydrogen-bond donors (Lipinski definition) is 2. The van der Waals surface area contributed by atoms with Crippen LogP contribution < -0.4 is 4.83 Å². The predicted molar refractivity (Wildman–Crippen MR) is 71.7 cm³/mol. The maximum atomic E-state index is 13.2. The first kappa shape index (κ1) is 15.3. The Balaban J connectivity index is 2.20. The minimum atomic E-state index is -3.89. The lowest BCUT2D eigenvalue weighted by molar-refractivity contribution is 0.134. The van der Waals surface area contributed by atoms with Gasteiger partial charge in [-0.2, -0.15) is 0 Å². The third-order valence-corrected chi connectivity index (χ3v) is 4.70. The number of sulfonamides is 1. The van der Waals surface area contributed by atoms with Crippen LogP contribution in [0.2, 0.25) is 0 Å². The average molecular weight is 303 g/mol. The van der Waals surface area contributed by atoms with E-state index in [9.17, 15) is 17.9 Å². The highest BCUT2D eigenvalue weighted by atomic mass is 32.2. The SMILES string of the molecule is CN1CCN(NS(=O)(=O)c2cc(F)ccc2CO)CC1. The van der Waals surface area contributed by atoms with Gasteiger partial charge in [-0.25, -0.2) is 17.8 Å². The second kappa shape index (κ2) is 6.15. The normalized spacial score (nSPS) is 18.4. The van der Waals surface area contributed by atoms with Crippen LogP contribution in [0.25, 0.3) is 0 Å². The van der Waals surface area contributed by atoms with Gasteiger partial charge in [-0.05, 0) is 24.7 Å². The van der Waals surface area contributed by atoms with E-state index < -0.39 is 22.4 Å². The molecule has 2 rings (SSSR count). The van der Waals surface area contributed by atoms with Crippen LogP contribution in [0, 0.1) is 5.82 Å². The van der Waals surface area contributed by atoms with Crippen molar-refractivity contribution in [2.24, 2.45) is 0 Å². The molecule has 20 heavy (non-hydrogen) atoms.